The maximum absolute atomic E-state index is 7.03. The molecule has 12 rings (SSSR count). The molecule has 0 spiro atoms. The number of nitrogens with zero attached hydrogens (tertiary/aromatic N) is 2. The fourth-order valence-electron chi connectivity index (χ4n) is 10.4. The van der Waals surface area contributed by atoms with Crippen LogP contribution in [0.1, 0.15) is 43.0 Å². The van der Waals surface area contributed by atoms with Gasteiger partial charge in [-0.3, -0.25) is 4.99 Å². The van der Waals surface area contributed by atoms with Gasteiger partial charge in [-0.2, -0.15) is 0 Å². The average Bonchev–Trinajstić information content (AvgIpc) is 3.94. The number of rotatable bonds is 10. The largest absolute Gasteiger partial charge is 0.455 e. The number of furan rings is 1. The van der Waals surface area contributed by atoms with Crippen LogP contribution in [0.3, 0.4) is 0 Å². The summed E-state index contributed by atoms with van der Waals surface area (Å²) in [6.45, 7) is 9.43. The maximum atomic E-state index is 7.03. The summed E-state index contributed by atoms with van der Waals surface area (Å²) in [7, 11) is 0. The molecule has 0 radical (unpaired) electrons. The van der Waals surface area contributed by atoms with Crippen molar-refractivity contribution in [3.8, 4) is 27.9 Å². The molecule has 0 fully saturated rings. The summed E-state index contributed by atoms with van der Waals surface area (Å²) in [5, 5.41) is 9.53. The van der Waals surface area contributed by atoms with E-state index < -0.39 is 0 Å². The van der Waals surface area contributed by atoms with Gasteiger partial charge in [0.1, 0.15) is 11.2 Å². The summed E-state index contributed by atoms with van der Waals surface area (Å²) in [4.78, 5) is 5.74. The van der Waals surface area contributed by atoms with E-state index >= 15 is 0 Å². The van der Waals surface area contributed by atoms with Crippen molar-refractivity contribution in [1.82, 2.24) is 4.57 Å². The molecule has 0 N–H and O–H groups in total. The Balaban J connectivity index is 1.04. The summed E-state index contributed by atoms with van der Waals surface area (Å²) in [6.07, 6.45) is 0.780. The minimum absolute atomic E-state index is 0.102. The maximum Gasteiger partial charge on any atom is 0.145 e. The smallest absolute Gasteiger partial charge is 0.145 e. The number of hydrogen-bond donors (Lipinski definition) is 0. The van der Waals surface area contributed by atoms with Gasteiger partial charge in [0.05, 0.1) is 28.1 Å². The Morgan fingerprint density at radius 1 is 0.522 bits per heavy atom. The van der Waals surface area contributed by atoms with Crippen LogP contribution in [0.15, 0.2) is 234 Å². The first-order valence-electron chi connectivity index (χ1n) is 23.4. The highest BCUT2D eigenvalue weighted by atomic mass is 16.3. The Labute approximate surface area is 390 Å². The lowest BCUT2D eigenvalue weighted by Gasteiger charge is -2.25. The van der Waals surface area contributed by atoms with Crippen LogP contribution in [-0.4, -0.2) is 10.3 Å². The zero-order valence-electron chi connectivity index (χ0n) is 37.7. The Hall–Kier alpha value is -8.27. The Bertz CT molecular complexity index is 3870. The lowest BCUT2D eigenvalue weighted by atomic mass is 9.84. The van der Waals surface area contributed by atoms with E-state index in [4.69, 9.17) is 16.0 Å². The topological polar surface area (TPSA) is 30.4 Å². The second-order valence-electron chi connectivity index (χ2n) is 17.8. The van der Waals surface area contributed by atoms with Crippen LogP contribution in [0, 0.1) is 5.92 Å². The quantitative estimate of drug-likeness (QED) is 0.126. The van der Waals surface area contributed by atoms with E-state index in [-0.39, 0.29) is 12.0 Å². The molecule has 3 heteroatoms. The number of hydrogen-bond acceptors (Lipinski definition) is 2. The standard InChI is InChI=1S/C64H48N2O/c1-4-56(51-26-17-25-48(38-51)44-20-9-6-10-21-44)65-63(47-32-30-45(31-33-47)43-18-7-5-8-19-43)42(3)41(2)52-35-37-58(62-54-28-15-16-29-60(54)67-64(52)62)66-57-36-34-46-22-13-14-27-53(46)61(57)55-39-49-23-11-12-24-50(49)40-59(55)66/h5-40,42,63H,2,4H2,1,3H3/b65-56+. The van der Waals surface area contributed by atoms with Gasteiger partial charge < -0.3 is 8.98 Å². The van der Waals surface area contributed by atoms with Crippen LogP contribution in [-0.2, 0) is 0 Å². The normalized spacial score (nSPS) is 13.0. The first-order chi connectivity index (χ1) is 33.0. The van der Waals surface area contributed by atoms with E-state index in [1.165, 1.54) is 54.6 Å². The van der Waals surface area contributed by atoms with Crippen molar-refractivity contribution in [3.63, 3.8) is 0 Å². The molecule has 3 nitrogen and oxygen atoms in total. The molecule has 320 valence electrons. The van der Waals surface area contributed by atoms with E-state index in [0.29, 0.717) is 0 Å². The van der Waals surface area contributed by atoms with Crippen molar-refractivity contribution in [2.75, 3.05) is 0 Å². The molecule has 2 unspecified atom stereocenters. The van der Waals surface area contributed by atoms with E-state index in [1.807, 2.05) is 0 Å². The van der Waals surface area contributed by atoms with Gasteiger partial charge in [0, 0.05) is 33.4 Å². The van der Waals surface area contributed by atoms with Crippen molar-refractivity contribution in [3.05, 3.63) is 242 Å². The predicted molar refractivity (Wildman–Crippen MR) is 285 cm³/mol. The molecule has 0 aliphatic carbocycles. The van der Waals surface area contributed by atoms with Gasteiger partial charge in [-0.25, -0.2) is 0 Å². The van der Waals surface area contributed by atoms with E-state index in [0.717, 1.165) is 73.1 Å². The molecule has 0 saturated heterocycles. The minimum Gasteiger partial charge on any atom is -0.455 e. The van der Waals surface area contributed by atoms with Crippen LogP contribution in [0.5, 0.6) is 0 Å². The molecule has 0 bridgehead atoms. The lowest BCUT2D eigenvalue weighted by molar-refractivity contribution is 0.582. The zero-order chi connectivity index (χ0) is 45.0. The van der Waals surface area contributed by atoms with Crippen LogP contribution in [0.25, 0.3) is 98.8 Å². The molecule has 2 aromatic heterocycles. The number of aliphatic imine (C=N–C) groups is 1. The highest BCUT2D eigenvalue weighted by Gasteiger charge is 2.28. The third-order valence-electron chi connectivity index (χ3n) is 13.9. The lowest BCUT2D eigenvalue weighted by Crippen LogP contribution is -2.13. The van der Waals surface area contributed by atoms with Crippen molar-refractivity contribution in [1.29, 1.82) is 0 Å². The summed E-state index contributed by atoms with van der Waals surface area (Å²) in [6, 6.07) is 78.4. The molecular weight excluding hydrogens is 813 g/mol. The second kappa shape index (κ2) is 16.6. The molecule has 0 aliphatic rings. The summed E-state index contributed by atoms with van der Waals surface area (Å²) < 4.78 is 9.49. The fourth-order valence-corrected chi connectivity index (χ4v) is 10.4. The molecular formula is C64H48N2O. The summed E-state index contributed by atoms with van der Waals surface area (Å²) in [5.74, 6) is -0.102. The Morgan fingerprint density at radius 2 is 1.15 bits per heavy atom. The summed E-state index contributed by atoms with van der Waals surface area (Å²) >= 11 is 0. The Kier molecular flexibility index (Phi) is 9.99. The Morgan fingerprint density at radius 3 is 1.90 bits per heavy atom. The monoisotopic (exact) mass is 860 g/mol. The van der Waals surface area contributed by atoms with Crippen molar-refractivity contribution in [2.45, 2.75) is 26.3 Å². The second-order valence-corrected chi connectivity index (χ2v) is 17.8. The molecule has 2 atom stereocenters. The van der Waals surface area contributed by atoms with Gasteiger partial charge in [-0.15, -0.1) is 0 Å². The first kappa shape index (κ1) is 40.3. The molecule has 0 amide bonds. The van der Waals surface area contributed by atoms with Gasteiger partial charge in [0.2, 0.25) is 0 Å². The van der Waals surface area contributed by atoms with Crippen molar-refractivity contribution in [2.24, 2.45) is 10.9 Å². The van der Waals surface area contributed by atoms with E-state index in [9.17, 15) is 0 Å². The van der Waals surface area contributed by atoms with E-state index in [2.05, 4.69) is 237 Å². The molecule has 2 heterocycles. The number of para-hydroxylation sites is 1. The van der Waals surface area contributed by atoms with Crippen LogP contribution in [0.4, 0.5) is 0 Å². The van der Waals surface area contributed by atoms with Crippen LogP contribution in [0.2, 0.25) is 0 Å². The first-order valence-corrected chi connectivity index (χ1v) is 23.4. The third-order valence-corrected chi connectivity index (χ3v) is 13.9. The van der Waals surface area contributed by atoms with Gasteiger partial charge in [0.25, 0.3) is 0 Å². The minimum atomic E-state index is -0.231. The van der Waals surface area contributed by atoms with Crippen LogP contribution >= 0.6 is 0 Å². The number of benzene rings is 10. The molecule has 0 saturated carbocycles. The van der Waals surface area contributed by atoms with Gasteiger partial charge >= 0.3 is 0 Å². The number of aromatic nitrogens is 1. The highest BCUT2D eigenvalue weighted by Crippen LogP contribution is 2.46. The SMILES string of the molecule is C=C(c1ccc(-n2c3cc4ccccc4cc3c3c4ccccc4ccc32)c2c1oc1ccccc12)C(C)C(/N=C(\CC)c1cccc(-c2ccccc2)c1)c1ccc(-c2ccccc2)cc1. The molecule has 12 aromatic rings. The van der Waals surface area contributed by atoms with Crippen LogP contribution < -0.4 is 0 Å². The fraction of sp³-hybridized carbons (Fsp3) is 0.0781. The highest BCUT2D eigenvalue weighted by molar-refractivity contribution is 6.24. The van der Waals surface area contributed by atoms with E-state index in [1.54, 1.807) is 0 Å². The van der Waals surface area contributed by atoms with Gasteiger partial charge in [-0.1, -0.05) is 196 Å². The average molecular weight is 861 g/mol. The van der Waals surface area contributed by atoms with Crippen molar-refractivity contribution >= 4 is 76.6 Å². The summed E-state index contributed by atoms with van der Waals surface area (Å²) in [5.41, 5.74) is 15.1. The third kappa shape index (κ3) is 6.94. The number of fused-ring (bicyclic) bond motifs is 9. The van der Waals surface area contributed by atoms with Crippen molar-refractivity contribution < 1.29 is 4.42 Å². The van der Waals surface area contributed by atoms with Gasteiger partial charge in [0.15, 0.2) is 0 Å². The predicted octanol–water partition coefficient (Wildman–Crippen LogP) is 17.6. The van der Waals surface area contributed by atoms with Gasteiger partial charge in [-0.05, 0) is 109 Å². The zero-order valence-corrected chi connectivity index (χ0v) is 37.7. The molecule has 0 aliphatic heterocycles. The molecule has 10 aromatic carbocycles. The molecule has 67 heavy (non-hydrogen) atoms.